The Balaban J connectivity index is 1.55. The van der Waals surface area contributed by atoms with E-state index < -0.39 is 0 Å². The predicted molar refractivity (Wildman–Crippen MR) is 121 cm³/mol. The molecule has 1 atom stereocenters. The molecule has 1 N–H and O–H groups in total. The summed E-state index contributed by atoms with van der Waals surface area (Å²) in [5, 5.41) is 4.36. The molecule has 0 fully saturated rings. The van der Waals surface area contributed by atoms with E-state index >= 15 is 0 Å². The number of benzene rings is 3. The molecule has 3 rings (SSSR count). The Bertz CT molecular complexity index is 868. The molecular weight excluding hydrogens is 434 g/mol. The number of rotatable bonds is 9. The quantitative estimate of drug-likeness (QED) is 0.381. The first-order chi connectivity index (χ1) is 13.6. The second kappa shape index (κ2) is 10.7. The van der Waals surface area contributed by atoms with Crippen LogP contribution in [0.3, 0.4) is 0 Å². The third-order valence-electron chi connectivity index (χ3n) is 4.68. The molecule has 0 amide bonds. The van der Waals surface area contributed by atoms with E-state index in [9.17, 15) is 0 Å². The lowest BCUT2D eigenvalue weighted by Crippen LogP contribution is -2.26. The first kappa shape index (κ1) is 20.9. The van der Waals surface area contributed by atoms with E-state index in [1.165, 1.54) is 5.56 Å². The number of hydrogen-bond acceptors (Lipinski definition) is 2. The lowest BCUT2D eigenvalue weighted by atomic mass is 10.1. The molecule has 0 aliphatic heterocycles. The molecule has 0 aliphatic rings. The molecule has 0 unspecified atom stereocenters. The molecule has 3 aromatic rings. The average molecular weight is 459 g/mol. The summed E-state index contributed by atoms with van der Waals surface area (Å²) in [7, 11) is 0. The lowest BCUT2D eigenvalue weighted by molar-refractivity contribution is 0.301. The zero-order valence-corrected chi connectivity index (χ0v) is 18.3. The molecule has 146 valence electrons. The number of aryl methyl sites for hydroxylation is 1. The maximum atomic E-state index is 6.08. The van der Waals surface area contributed by atoms with E-state index in [0.717, 1.165) is 45.8 Å². The fraction of sp³-hybridized carbons (Fsp3) is 0.250. The van der Waals surface area contributed by atoms with Gasteiger partial charge >= 0.3 is 0 Å². The number of nitrogens with one attached hydrogen (secondary N) is 1. The van der Waals surface area contributed by atoms with Crippen LogP contribution in [-0.2, 0) is 19.6 Å². The standard InChI is InChI=1S/C24H25BrClNO/c1-18(7-8-19-5-3-2-4-6-19)27-16-21-15-22(25)11-14-24(21)28-17-20-9-12-23(26)13-10-20/h2-6,9-15,18,27H,7-8,16-17H2,1H3/t18-/m0/s1. The van der Waals surface area contributed by atoms with Crippen molar-refractivity contribution in [1.82, 2.24) is 5.32 Å². The van der Waals surface area contributed by atoms with Crippen molar-refractivity contribution in [2.75, 3.05) is 0 Å². The highest BCUT2D eigenvalue weighted by molar-refractivity contribution is 9.10. The Morgan fingerprint density at radius 2 is 1.71 bits per heavy atom. The van der Waals surface area contributed by atoms with Gasteiger partial charge in [0.2, 0.25) is 0 Å². The molecule has 4 heteroatoms. The van der Waals surface area contributed by atoms with Crippen LogP contribution in [0.4, 0.5) is 0 Å². The Morgan fingerprint density at radius 3 is 2.46 bits per heavy atom. The second-order valence-electron chi connectivity index (χ2n) is 6.97. The fourth-order valence-electron chi connectivity index (χ4n) is 2.98. The van der Waals surface area contributed by atoms with Gasteiger partial charge in [0, 0.05) is 27.6 Å². The SMILES string of the molecule is C[C@@H](CCc1ccccc1)NCc1cc(Br)ccc1OCc1ccc(Cl)cc1. The van der Waals surface area contributed by atoms with E-state index in [4.69, 9.17) is 16.3 Å². The van der Waals surface area contributed by atoms with Crippen molar-refractivity contribution < 1.29 is 4.74 Å². The third kappa shape index (κ3) is 6.66. The second-order valence-corrected chi connectivity index (χ2v) is 8.33. The maximum absolute atomic E-state index is 6.08. The van der Waals surface area contributed by atoms with Crippen LogP contribution >= 0.6 is 27.5 Å². The molecule has 0 saturated heterocycles. The summed E-state index contributed by atoms with van der Waals surface area (Å²) in [6.07, 6.45) is 2.17. The smallest absolute Gasteiger partial charge is 0.124 e. The van der Waals surface area contributed by atoms with Crippen LogP contribution in [0.25, 0.3) is 0 Å². The molecule has 28 heavy (non-hydrogen) atoms. The van der Waals surface area contributed by atoms with Crippen LogP contribution in [0.1, 0.15) is 30.0 Å². The van der Waals surface area contributed by atoms with Crippen molar-refractivity contribution in [3.05, 3.63) is 99.0 Å². The van der Waals surface area contributed by atoms with Crippen LogP contribution in [0.15, 0.2) is 77.3 Å². The molecule has 0 bridgehead atoms. The zero-order chi connectivity index (χ0) is 19.8. The highest BCUT2D eigenvalue weighted by Gasteiger charge is 2.08. The van der Waals surface area contributed by atoms with Gasteiger partial charge in [0.25, 0.3) is 0 Å². The van der Waals surface area contributed by atoms with E-state index in [0.29, 0.717) is 12.6 Å². The first-order valence-corrected chi connectivity index (χ1v) is 10.7. The Morgan fingerprint density at radius 1 is 0.964 bits per heavy atom. The van der Waals surface area contributed by atoms with Crippen LogP contribution in [0, 0.1) is 0 Å². The normalized spacial score (nSPS) is 12.0. The predicted octanol–water partition coefficient (Wildman–Crippen LogP) is 6.79. The topological polar surface area (TPSA) is 21.3 Å². The minimum absolute atomic E-state index is 0.420. The zero-order valence-electron chi connectivity index (χ0n) is 16.0. The third-order valence-corrected chi connectivity index (χ3v) is 5.43. The Hall–Kier alpha value is -1.81. The summed E-state index contributed by atoms with van der Waals surface area (Å²) in [6, 6.07) is 24.9. The van der Waals surface area contributed by atoms with E-state index in [1.54, 1.807) is 0 Å². The van der Waals surface area contributed by atoms with Gasteiger partial charge in [0.1, 0.15) is 12.4 Å². The summed E-state index contributed by atoms with van der Waals surface area (Å²) in [5.41, 5.74) is 3.63. The van der Waals surface area contributed by atoms with Crippen molar-refractivity contribution in [3.8, 4) is 5.75 Å². The molecule has 0 spiro atoms. The minimum atomic E-state index is 0.420. The fourth-order valence-corrected chi connectivity index (χ4v) is 3.52. The van der Waals surface area contributed by atoms with Crippen LogP contribution < -0.4 is 10.1 Å². The molecule has 0 saturated carbocycles. The van der Waals surface area contributed by atoms with Gasteiger partial charge in [-0.2, -0.15) is 0 Å². The summed E-state index contributed by atoms with van der Waals surface area (Å²) < 4.78 is 7.13. The Labute approximate surface area is 181 Å². The van der Waals surface area contributed by atoms with Crippen LogP contribution in [-0.4, -0.2) is 6.04 Å². The summed E-state index contributed by atoms with van der Waals surface area (Å²) >= 11 is 9.52. The van der Waals surface area contributed by atoms with Crippen molar-refractivity contribution >= 4 is 27.5 Å². The summed E-state index contributed by atoms with van der Waals surface area (Å²) in [6.45, 7) is 3.52. The van der Waals surface area contributed by atoms with Gasteiger partial charge in [-0.15, -0.1) is 0 Å². The van der Waals surface area contributed by atoms with Gasteiger partial charge in [-0.3, -0.25) is 0 Å². The maximum Gasteiger partial charge on any atom is 0.124 e. The van der Waals surface area contributed by atoms with Crippen molar-refractivity contribution in [2.45, 2.75) is 39.0 Å². The van der Waals surface area contributed by atoms with Gasteiger partial charge in [0.15, 0.2) is 0 Å². The van der Waals surface area contributed by atoms with Gasteiger partial charge in [-0.1, -0.05) is 70.0 Å². The highest BCUT2D eigenvalue weighted by Crippen LogP contribution is 2.24. The van der Waals surface area contributed by atoms with Gasteiger partial charge in [0.05, 0.1) is 0 Å². The Kier molecular flexibility index (Phi) is 7.96. The van der Waals surface area contributed by atoms with Crippen molar-refractivity contribution in [1.29, 1.82) is 0 Å². The molecular formula is C24H25BrClNO. The molecule has 2 nitrogen and oxygen atoms in total. The lowest BCUT2D eigenvalue weighted by Gasteiger charge is -2.17. The van der Waals surface area contributed by atoms with Crippen molar-refractivity contribution in [2.24, 2.45) is 0 Å². The summed E-state index contributed by atoms with van der Waals surface area (Å²) in [4.78, 5) is 0. The minimum Gasteiger partial charge on any atom is -0.489 e. The van der Waals surface area contributed by atoms with Gasteiger partial charge in [-0.05, 0) is 61.2 Å². The molecule has 0 heterocycles. The molecule has 0 aliphatic carbocycles. The van der Waals surface area contributed by atoms with Crippen LogP contribution in [0.2, 0.25) is 5.02 Å². The largest absolute Gasteiger partial charge is 0.489 e. The number of ether oxygens (including phenoxy) is 1. The monoisotopic (exact) mass is 457 g/mol. The number of hydrogen-bond donors (Lipinski definition) is 1. The van der Waals surface area contributed by atoms with E-state index in [-0.39, 0.29) is 0 Å². The molecule has 0 aromatic heterocycles. The molecule has 0 radical (unpaired) electrons. The average Bonchev–Trinajstić information content (AvgIpc) is 2.72. The van der Waals surface area contributed by atoms with E-state index in [1.807, 2.05) is 36.4 Å². The van der Waals surface area contributed by atoms with Gasteiger partial charge < -0.3 is 10.1 Å². The first-order valence-electron chi connectivity index (χ1n) is 9.53. The molecule has 3 aromatic carbocycles. The summed E-state index contributed by atoms with van der Waals surface area (Å²) in [5.74, 6) is 0.904. The van der Waals surface area contributed by atoms with Gasteiger partial charge in [-0.25, -0.2) is 0 Å². The number of halogens is 2. The highest BCUT2D eigenvalue weighted by atomic mass is 79.9. The van der Waals surface area contributed by atoms with Crippen LogP contribution in [0.5, 0.6) is 5.75 Å². The van der Waals surface area contributed by atoms with Crippen molar-refractivity contribution in [3.63, 3.8) is 0 Å². The van der Waals surface area contributed by atoms with E-state index in [2.05, 4.69) is 64.6 Å².